The molecule has 1 aromatic rings. The molecule has 0 spiro atoms. The molecule has 0 atom stereocenters. The molecule has 1 aliphatic heterocycles. The lowest BCUT2D eigenvalue weighted by Crippen LogP contribution is -2.32. The van der Waals surface area contributed by atoms with E-state index in [9.17, 15) is 4.79 Å². The minimum Gasteiger partial charge on any atom is -0.460 e. The second kappa shape index (κ2) is 5.63. The lowest BCUT2D eigenvalue weighted by Gasteiger charge is -2.20. The van der Waals surface area contributed by atoms with Crippen LogP contribution in [0.4, 0.5) is 0 Å². The van der Waals surface area contributed by atoms with E-state index in [0.29, 0.717) is 19.8 Å². The highest BCUT2D eigenvalue weighted by Gasteiger charge is 2.23. The van der Waals surface area contributed by atoms with Crippen molar-refractivity contribution in [2.24, 2.45) is 5.92 Å². The highest BCUT2D eigenvalue weighted by atomic mass is 16.7. The van der Waals surface area contributed by atoms with Gasteiger partial charge in [0.25, 0.3) is 0 Å². The van der Waals surface area contributed by atoms with Crippen molar-refractivity contribution in [3.63, 3.8) is 0 Å². The Morgan fingerprint density at radius 2 is 1.94 bits per heavy atom. The molecule has 1 heterocycles. The van der Waals surface area contributed by atoms with E-state index in [2.05, 4.69) is 0 Å². The summed E-state index contributed by atoms with van der Waals surface area (Å²) in [4.78, 5) is 11.6. The maximum atomic E-state index is 11.6. The van der Waals surface area contributed by atoms with E-state index in [1.54, 1.807) is 0 Å². The molecule has 86 valence electrons. The van der Waals surface area contributed by atoms with Crippen LogP contribution in [0.25, 0.3) is 0 Å². The van der Waals surface area contributed by atoms with Gasteiger partial charge in [0.1, 0.15) is 19.3 Å². The molecule has 0 saturated carbocycles. The van der Waals surface area contributed by atoms with Gasteiger partial charge in [0, 0.05) is 0 Å². The Bertz CT molecular complexity index is 330. The molecule has 4 nitrogen and oxygen atoms in total. The van der Waals surface area contributed by atoms with Gasteiger partial charge < -0.3 is 14.2 Å². The predicted molar refractivity (Wildman–Crippen MR) is 56.5 cm³/mol. The average molecular weight is 222 g/mol. The van der Waals surface area contributed by atoms with E-state index in [0.717, 1.165) is 5.56 Å². The van der Waals surface area contributed by atoms with Crippen molar-refractivity contribution in [1.29, 1.82) is 0 Å². The molecule has 2 rings (SSSR count). The number of benzene rings is 1. The lowest BCUT2D eigenvalue weighted by atomic mass is 10.2. The molecule has 1 aliphatic rings. The van der Waals surface area contributed by atoms with E-state index in [4.69, 9.17) is 14.2 Å². The highest BCUT2D eigenvalue weighted by molar-refractivity contribution is 5.72. The van der Waals surface area contributed by atoms with Crippen molar-refractivity contribution < 1.29 is 19.0 Å². The van der Waals surface area contributed by atoms with E-state index in [-0.39, 0.29) is 18.7 Å². The standard InChI is InChI=1S/C12H14O4/c13-12(11-7-14-9-15-8-11)16-6-10-4-2-1-3-5-10/h1-5,11H,6-9H2. The summed E-state index contributed by atoms with van der Waals surface area (Å²) in [7, 11) is 0. The SMILES string of the molecule is O=C(OCc1ccccc1)C1COCOC1. The maximum absolute atomic E-state index is 11.6. The van der Waals surface area contributed by atoms with Crippen molar-refractivity contribution in [1.82, 2.24) is 0 Å². The number of carbonyl (C=O) groups is 1. The summed E-state index contributed by atoms with van der Waals surface area (Å²) in [6.07, 6.45) is 0. The predicted octanol–water partition coefficient (Wildman–Crippen LogP) is 1.35. The summed E-state index contributed by atoms with van der Waals surface area (Å²) in [6, 6.07) is 9.59. The third kappa shape index (κ3) is 3.05. The number of ether oxygens (including phenoxy) is 3. The number of rotatable bonds is 3. The van der Waals surface area contributed by atoms with Crippen LogP contribution in [0.1, 0.15) is 5.56 Å². The molecule has 0 N–H and O–H groups in total. The fourth-order valence-corrected chi connectivity index (χ4v) is 1.47. The molecule has 1 fully saturated rings. The van der Waals surface area contributed by atoms with Gasteiger partial charge in [-0.25, -0.2) is 0 Å². The molecular formula is C12H14O4. The molecule has 16 heavy (non-hydrogen) atoms. The Balaban J connectivity index is 1.79. The molecule has 0 aromatic heterocycles. The third-order valence-electron chi connectivity index (χ3n) is 2.36. The van der Waals surface area contributed by atoms with Crippen molar-refractivity contribution in [3.05, 3.63) is 35.9 Å². The number of carbonyl (C=O) groups excluding carboxylic acids is 1. The third-order valence-corrected chi connectivity index (χ3v) is 2.36. The van der Waals surface area contributed by atoms with Crippen LogP contribution >= 0.6 is 0 Å². The van der Waals surface area contributed by atoms with Gasteiger partial charge in [-0.2, -0.15) is 0 Å². The van der Waals surface area contributed by atoms with Gasteiger partial charge in [0.05, 0.1) is 13.2 Å². The lowest BCUT2D eigenvalue weighted by molar-refractivity contribution is -0.172. The Morgan fingerprint density at radius 1 is 1.25 bits per heavy atom. The Labute approximate surface area is 94.1 Å². The van der Waals surface area contributed by atoms with Crippen molar-refractivity contribution in [2.45, 2.75) is 6.61 Å². The van der Waals surface area contributed by atoms with Gasteiger partial charge >= 0.3 is 5.97 Å². The molecule has 1 saturated heterocycles. The molecule has 0 aliphatic carbocycles. The molecular weight excluding hydrogens is 208 g/mol. The van der Waals surface area contributed by atoms with Crippen LogP contribution in [0.2, 0.25) is 0 Å². The second-order valence-electron chi connectivity index (χ2n) is 3.65. The van der Waals surface area contributed by atoms with Crippen LogP contribution in [0.5, 0.6) is 0 Å². The number of hydrogen-bond acceptors (Lipinski definition) is 4. The zero-order valence-electron chi connectivity index (χ0n) is 8.93. The minimum atomic E-state index is -0.294. The summed E-state index contributed by atoms with van der Waals surface area (Å²) < 4.78 is 15.2. The van der Waals surface area contributed by atoms with Crippen LogP contribution in [-0.4, -0.2) is 26.0 Å². The van der Waals surface area contributed by atoms with Crippen molar-refractivity contribution in [2.75, 3.05) is 20.0 Å². The van der Waals surface area contributed by atoms with Gasteiger partial charge in [-0.05, 0) is 5.56 Å². The van der Waals surface area contributed by atoms with Crippen molar-refractivity contribution >= 4 is 5.97 Å². The highest BCUT2D eigenvalue weighted by Crippen LogP contribution is 2.09. The number of hydrogen-bond donors (Lipinski definition) is 0. The van der Waals surface area contributed by atoms with Crippen molar-refractivity contribution in [3.8, 4) is 0 Å². The average Bonchev–Trinajstić information content (AvgIpc) is 2.38. The molecule has 0 unspecified atom stereocenters. The van der Waals surface area contributed by atoms with Crippen LogP contribution in [0.15, 0.2) is 30.3 Å². The molecule has 0 bridgehead atoms. The maximum Gasteiger partial charge on any atom is 0.313 e. The van der Waals surface area contributed by atoms with Crippen LogP contribution in [0.3, 0.4) is 0 Å². The van der Waals surface area contributed by atoms with E-state index < -0.39 is 0 Å². The first-order chi connectivity index (χ1) is 7.86. The first-order valence-electron chi connectivity index (χ1n) is 5.22. The van der Waals surface area contributed by atoms with Gasteiger partial charge in [0.2, 0.25) is 0 Å². The van der Waals surface area contributed by atoms with Crippen LogP contribution in [-0.2, 0) is 25.6 Å². The molecule has 0 amide bonds. The summed E-state index contributed by atoms with van der Waals surface area (Å²) in [5, 5.41) is 0. The van der Waals surface area contributed by atoms with Gasteiger partial charge in [-0.15, -0.1) is 0 Å². The Kier molecular flexibility index (Phi) is 3.91. The quantitative estimate of drug-likeness (QED) is 0.724. The second-order valence-corrected chi connectivity index (χ2v) is 3.65. The largest absolute Gasteiger partial charge is 0.460 e. The Morgan fingerprint density at radius 3 is 2.62 bits per heavy atom. The zero-order valence-corrected chi connectivity index (χ0v) is 8.93. The van der Waals surface area contributed by atoms with Crippen LogP contribution in [0, 0.1) is 5.92 Å². The summed E-state index contributed by atoms with van der Waals surface area (Å²) >= 11 is 0. The first-order valence-corrected chi connectivity index (χ1v) is 5.22. The van der Waals surface area contributed by atoms with E-state index >= 15 is 0 Å². The monoisotopic (exact) mass is 222 g/mol. The molecule has 0 radical (unpaired) electrons. The van der Waals surface area contributed by atoms with Crippen LogP contribution < -0.4 is 0 Å². The normalized spacial score (nSPS) is 17.0. The summed E-state index contributed by atoms with van der Waals surface area (Å²) in [5.41, 5.74) is 0.980. The molecule has 1 aromatic carbocycles. The number of esters is 1. The van der Waals surface area contributed by atoms with Gasteiger partial charge in [0.15, 0.2) is 0 Å². The zero-order chi connectivity index (χ0) is 11.2. The fraction of sp³-hybridized carbons (Fsp3) is 0.417. The smallest absolute Gasteiger partial charge is 0.313 e. The summed E-state index contributed by atoms with van der Waals surface area (Å²) in [6.45, 7) is 1.33. The van der Waals surface area contributed by atoms with E-state index in [1.165, 1.54) is 0 Å². The summed E-state index contributed by atoms with van der Waals surface area (Å²) in [5.74, 6) is -0.555. The van der Waals surface area contributed by atoms with E-state index in [1.807, 2.05) is 30.3 Å². The van der Waals surface area contributed by atoms with Gasteiger partial charge in [-0.1, -0.05) is 30.3 Å². The Hall–Kier alpha value is -1.39. The first kappa shape index (κ1) is 11.1. The topological polar surface area (TPSA) is 44.8 Å². The molecule has 4 heteroatoms. The van der Waals surface area contributed by atoms with Gasteiger partial charge in [-0.3, -0.25) is 4.79 Å². The fourth-order valence-electron chi connectivity index (χ4n) is 1.47. The minimum absolute atomic E-state index is 0.261.